The SMILES string of the molecule is NCCc1ccccc1C(=O)Cc1cnccc1N. The van der Waals surface area contributed by atoms with Gasteiger partial charge in [0.25, 0.3) is 0 Å². The first-order valence-electron chi connectivity index (χ1n) is 6.22. The van der Waals surface area contributed by atoms with Crippen LogP contribution in [0.3, 0.4) is 0 Å². The Morgan fingerprint density at radius 2 is 1.95 bits per heavy atom. The highest BCUT2D eigenvalue weighted by Gasteiger charge is 2.12. The standard InChI is InChI=1S/C15H17N3O/c16-7-5-11-3-1-2-4-13(11)15(19)9-12-10-18-8-6-14(12)17/h1-4,6,8,10H,5,7,9,16H2,(H2,17,18). The highest BCUT2D eigenvalue weighted by atomic mass is 16.1. The lowest BCUT2D eigenvalue weighted by molar-refractivity contribution is 0.0992. The van der Waals surface area contributed by atoms with E-state index in [-0.39, 0.29) is 12.2 Å². The second-order valence-electron chi connectivity index (χ2n) is 4.37. The van der Waals surface area contributed by atoms with Crippen molar-refractivity contribution in [2.75, 3.05) is 12.3 Å². The molecule has 0 aliphatic heterocycles. The molecule has 0 aliphatic carbocycles. The van der Waals surface area contributed by atoms with E-state index < -0.39 is 0 Å². The molecule has 0 amide bonds. The number of pyridine rings is 1. The molecule has 0 fully saturated rings. The van der Waals surface area contributed by atoms with Crippen LogP contribution in [-0.4, -0.2) is 17.3 Å². The summed E-state index contributed by atoms with van der Waals surface area (Å²) in [5, 5.41) is 0. The molecule has 2 rings (SSSR count). The van der Waals surface area contributed by atoms with E-state index in [4.69, 9.17) is 11.5 Å². The third-order valence-electron chi connectivity index (χ3n) is 3.02. The van der Waals surface area contributed by atoms with Crippen LogP contribution in [0.2, 0.25) is 0 Å². The number of benzene rings is 1. The first-order valence-corrected chi connectivity index (χ1v) is 6.22. The van der Waals surface area contributed by atoms with Gasteiger partial charge in [-0.1, -0.05) is 24.3 Å². The fourth-order valence-electron chi connectivity index (χ4n) is 2.02. The molecule has 0 saturated heterocycles. The fourth-order valence-corrected chi connectivity index (χ4v) is 2.02. The molecule has 0 spiro atoms. The van der Waals surface area contributed by atoms with Gasteiger partial charge in [0.1, 0.15) is 0 Å². The van der Waals surface area contributed by atoms with E-state index in [2.05, 4.69) is 4.98 Å². The van der Waals surface area contributed by atoms with Crippen molar-refractivity contribution in [3.05, 3.63) is 59.4 Å². The fraction of sp³-hybridized carbons (Fsp3) is 0.200. The maximum atomic E-state index is 12.3. The molecular formula is C15H17N3O. The number of nitrogens with two attached hydrogens (primary N) is 2. The highest BCUT2D eigenvalue weighted by molar-refractivity contribution is 5.99. The van der Waals surface area contributed by atoms with Crippen LogP contribution in [0.1, 0.15) is 21.5 Å². The summed E-state index contributed by atoms with van der Waals surface area (Å²) in [7, 11) is 0. The van der Waals surface area contributed by atoms with E-state index in [0.717, 1.165) is 16.7 Å². The molecule has 4 heteroatoms. The zero-order chi connectivity index (χ0) is 13.7. The molecule has 98 valence electrons. The van der Waals surface area contributed by atoms with Crippen molar-refractivity contribution < 1.29 is 4.79 Å². The molecular weight excluding hydrogens is 238 g/mol. The number of carbonyl (C=O) groups excluding carboxylic acids is 1. The summed E-state index contributed by atoms with van der Waals surface area (Å²) < 4.78 is 0. The van der Waals surface area contributed by atoms with Gasteiger partial charge in [-0.3, -0.25) is 9.78 Å². The number of anilines is 1. The van der Waals surface area contributed by atoms with Crippen LogP contribution in [0.15, 0.2) is 42.7 Å². The van der Waals surface area contributed by atoms with Gasteiger partial charge in [-0.25, -0.2) is 0 Å². The Morgan fingerprint density at radius 1 is 1.16 bits per heavy atom. The van der Waals surface area contributed by atoms with Gasteiger partial charge in [0, 0.05) is 35.6 Å². The quantitative estimate of drug-likeness (QED) is 0.795. The Balaban J connectivity index is 2.23. The number of hydrogen-bond donors (Lipinski definition) is 2. The second kappa shape index (κ2) is 6.11. The highest BCUT2D eigenvalue weighted by Crippen LogP contribution is 2.16. The number of Topliss-reactive ketones (excluding diaryl/α,β-unsaturated/α-hetero) is 1. The van der Waals surface area contributed by atoms with Crippen molar-refractivity contribution in [1.29, 1.82) is 0 Å². The minimum Gasteiger partial charge on any atom is -0.398 e. The van der Waals surface area contributed by atoms with E-state index >= 15 is 0 Å². The number of ketones is 1. The molecule has 0 bridgehead atoms. The first-order chi connectivity index (χ1) is 9.22. The summed E-state index contributed by atoms with van der Waals surface area (Å²) in [5.74, 6) is 0.0451. The molecule has 1 aromatic carbocycles. The number of hydrogen-bond acceptors (Lipinski definition) is 4. The summed E-state index contributed by atoms with van der Waals surface area (Å²) in [6, 6.07) is 9.25. The summed E-state index contributed by atoms with van der Waals surface area (Å²) in [6.07, 6.45) is 4.22. The Morgan fingerprint density at radius 3 is 2.68 bits per heavy atom. The Bertz CT molecular complexity index is 581. The zero-order valence-electron chi connectivity index (χ0n) is 10.7. The van der Waals surface area contributed by atoms with Gasteiger partial charge in [0.05, 0.1) is 0 Å². The summed E-state index contributed by atoms with van der Waals surface area (Å²) in [6.45, 7) is 0.527. The topological polar surface area (TPSA) is 82.0 Å². The van der Waals surface area contributed by atoms with Crippen molar-refractivity contribution in [3.8, 4) is 0 Å². The predicted octanol–water partition coefficient (Wildman–Crippen LogP) is 1.59. The average Bonchev–Trinajstić information content (AvgIpc) is 2.42. The summed E-state index contributed by atoms with van der Waals surface area (Å²) >= 11 is 0. The number of rotatable bonds is 5. The first kappa shape index (κ1) is 13.2. The Labute approximate surface area is 112 Å². The molecule has 1 aromatic heterocycles. The molecule has 0 atom stereocenters. The lowest BCUT2D eigenvalue weighted by Gasteiger charge is -2.08. The van der Waals surface area contributed by atoms with E-state index in [1.807, 2.05) is 24.3 Å². The number of aromatic nitrogens is 1. The van der Waals surface area contributed by atoms with Crippen molar-refractivity contribution in [3.63, 3.8) is 0 Å². The molecule has 0 aliphatic rings. The molecule has 0 saturated carbocycles. The van der Waals surface area contributed by atoms with Crippen LogP contribution in [0.5, 0.6) is 0 Å². The third kappa shape index (κ3) is 3.17. The minimum absolute atomic E-state index is 0.0451. The van der Waals surface area contributed by atoms with Crippen molar-refractivity contribution in [2.45, 2.75) is 12.8 Å². The minimum atomic E-state index is 0.0451. The van der Waals surface area contributed by atoms with Crippen LogP contribution in [0, 0.1) is 0 Å². The maximum Gasteiger partial charge on any atom is 0.167 e. The van der Waals surface area contributed by atoms with E-state index in [1.165, 1.54) is 0 Å². The average molecular weight is 255 g/mol. The van der Waals surface area contributed by atoms with Crippen LogP contribution in [-0.2, 0) is 12.8 Å². The maximum absolute atomic E-state index is 12.3. The van der Waals surface area contributed by atoms with Gasteiger partial charge in [-0.15, -0.1) is 0 Å². The lowest BCUT2D eigenvalue weighted by atomic mass is 9.97. The summed E-state index contributed by atoms with van der Waals surface area (Å²) in [4.78, 5) is 16.3. The Kier molecular flexibility index (Phi) is 4.26. The number of nitrogen functional groups attached to an aromatic ring is 1. The van der Waals surface area contributed by atoms with Crippen molar-refractivity contribution in [2.24, 2.45) is 5.73 Å². The van der Waals surface area contributed by atoms with Crippen LogP contribution < -0.4 is 11.5 Å². The smallest absolute Gasteiger partial charge is 0.167 e. The molecule has 4 nitrogen and oxygen atoms in total. The molecule has 0 radical (unpaired) electrons. The summed E-state index contributed by atoms with van der Waals surface area (Å²) in [5.41, 5.74) is 14.5. The predicted molar refractivity (Wildman–Crippen MR) is 75.9 cm³/mol. The number of nitrogens with zero attached hydrogens (tertiary/aromatic N) is 1. The van der Waals surface area contributed by atoms with Gasteiger partial charge in [-0.05, 0) is 24.6 Å². The van der Waals surface area contributed by atoms with Gasteiger partial charge in [0.2, 0.25) is 0 Å². The number of carbonyl (C=O) groups is 1. The van der Waals surface area contributed by atoms with Gasteiger partial charge >= 0.3 is 0 Å². The largest absolute Gasteiger partial charge is 0.398 e. The van der Waals surface area contributed by atoms with E-state index in [0.29, 0.717) is 18.7 Å². The van der Waals surface area contributed by atoms with Gasteiger partial charge < -0.3 is 11.5 Å². The molecule has 19 heavy (non-hydrogen) atoms. The third-order valence-corrected chi connectivity index (χ3v) is 3.02. The molecule has 1 heterocycles. The normalized spacial score (nSPS) is 10.4. The van der Waals surface area contributed by atoms with Crippen molar-refractivity contribution in [1.82, 2.24) is 4.98 Å². The van der Waals surface area contributed by atoms with E-state index in [1.54, 1.807) is 18.5 Å². The van der Waals surface area contributed by atoms with Crippen LogP contribution in [0.25, 0.3) is 0 Å². The Hall–Kier alpha value is -2.20. The zero-order valence-corrected chi connectivity index (χ0v) is 10.7. The molecule has 2 aromatic rings. The van der Waals surface area contributed by atoms with Crippen LogP contribution >= 0.6 is 0 Å². The van der Waals surface area contributed by atoms with Crippen molar-refractivity contribution >= 4 is 11.5 Å². The monoisotopic (exact) mass is 255 g/mol. The molecule has 4 N–H and O–H groups in total. The van der Waals surface area contributed by atoms with Gasteiger partial charge in [-0.2, -0.15) is 0 Å². The second-order valence-corrected chi connectivity index (χ2v) is 4.37. The lowest BCUT2D eigenvalue weighted by Crippen LogP contribution is -2.11. The van der Waals surface area contributed by atoms with E-state index in [9.17, 15) is 4.79 Å². The van der Waals surface area contributed by atoms with Gasteiger partial charge in [0.15, 0.2) is 5.78 Å². The molecule has 0 unspecified atom stereocenters. The van der Waals surface area contributed by atoms with Crippen LogP contribution in [0.4, 0.5) is 5.69 Å².